The Morgan fingerprint density at radius 2 is 2.23 bits per heavy atom. The molecule has 0 radical (unpaired) electrons. The van der Waals surface area contributed by atoms with Gasteiger partial charge >= 0.3 is 0 Å². The fourth-order valence-electron chi connectivity index (χ4n) is 1.18. The molecule has 0 aliphatic carbocycles. The summed E-state index contributed by atoms with van der Waals surface area (Å²) in [5.41, 5.74) is 2.47. The van der Waals surface area contributed by atoms with Crippen LogP contribution in [0, 0.1) is 6.92 Å². The second kappa shape index (κ2) is 3.60. The van der Waals surface area contributed by atoms with E-state index >= 15 is 0 Å². The van der Waals surface area contributed by atoms with Crippen LogP contribution in [0.3, 0.4) is 0 Å². The summed E-state index contributed by atoms with van der Waals surface area (Å²) in [4.78, 5) is 4.29. The van der Waals surface area contributed by atoms with Crippen molar-refractivity contribution in [1.29, 1.82) is 0 Å². The summed E-state index contributed by atoms with van der Waals surface area (Å²) in [6.45, 7) is 2.10. The van der Waals surface area contributed by atoms with E-state index in [1.807, 2.05) is 17.6 Å². The lowest BCUT2D eigenvalue weighted by atomic mass is 10.1. The number of rotatable bonds is 1. The van der Waals surface area contributed by atoms with Gasteiger partial charge in [0.2, 0.25) is 0 Å². The van der Waals surface area contributed by atoms with Crippen LogP contribution in [-0.2, 0) is 0 Å². The van der Waals surface area contributed by atoms with E-state index in [1.54, 1.807) is 11.3 Å². The lowest BCUT2D eigenvalue weighted by Gasteiger charge is -2.01. The van der Waals surface area contributed by atoms with E-state index < -0.39 is 0 Å². The molecule has 0 unspecified atom stereocenters. The lowest BCUT2D eigenvalue weighted by Crippen LogP contribution is -1.81. The van der Waals surface area contributed by atoms with Gasteiger partial charge in [0.25, 0.3) is 0 Å². The van der Waals surface area contributed by atoms with Crippen molar-refractivity contribution in [3.63, 3.8) is 0 Å². The topological polar surface area (TPSA) is 12.9 Å². The minimum Gasteiger partial charge on any atom is -0.245 e. The summed E-state index contributed by atoms with van der Waals surface area (Å²) in [5.74, 6) is 0. The van der Waals surface area contributed by atoms with Gasteiger partial charge in [-0.2, -0.15) is 0 Å². The van der Waals surface area contributed by atoms with E-state index in [2.05, 4.69) is 40.0 Å². The van der Waals surface area contributed by atoms with Gasteiger partial charge in [-0.05, 0) is 24.6 Å². The van der Waals surface area contributed by atoms with Crippen molar-refractivity contribution >= 4 is 27.3 Å². The first-order valence-electron chi connectivity index (χ1n) is 3.93. The molecule has 0 atom stereocenters. The van der Waals surface area contributed by atoms with Crippen LogP contribution in [0.4, 0.5) is 0 Å². The van der Waals surface area contributed by atoms with Crippen LogP contribution in [-0.4, -0.2) is 4.98 Å². The minimum absolute atomic E-state index is 1.08. The van der Waals surface area contributed by atoms with Crippen molar-refractivity contribution in [1.82, 2.24) is 4.98 Å². The third kappa shape index (κ3) is 1.81. The second-order valence-electron chi connectivity index (χ2n) is 2.80. The molecule has 0 aliphatic rings. The molecule has 0 saturated carbocycles. The van der Waals surface area contributed by atoms with E-state index in [9.17, 15) is 0 Å². The molecule has 66 valence electrons. The number of nitrogens with zero attached hydrogens (tertiary/aromatic N) is 1. The van der Waals surface area contributed by atoms with Crippen LogP contribution in [0.25, 0.3) is 10.6 Å². The van der Waals surface area contributed by atoms with Crippen molar-refractivity contribution in [3.05, 3.63) is 39.8 Å². The zero-order valence-corrected chi connectivity index (χ0v) is 9.52. The molecule has 2 rings (SSSR count). The van der Waals surface area contributed by atoms with Crippen LogP contribution >= 0.6 is 27.3 Å². The van der Waals surface area contributed by atoms with Gasteiger partial charge in [-0.25, -0.2) is 4.98 Å². The Bertz CT molecular complexity index is 409. The Kier molecular flexibility index (Phi) is 2.47. The first-order valence-corrected chi connectivity index (χ1v) is 5.60. The van der Waals surface area contributed by atoms with Crippen molar-refractivity contribution in [2.24, 2.45) is 0 Å². The molecule has 0 fully saturated rings. The number of aromatic nitrogens is 1. The smallest absolute Gasteiger partial charge is 0.123 e. The highest BCUT2D eigenvalue weighted by atomic mass is 79.9. The highest BCUT2D eigenvalue weighted by Crippen LogP contribution is 2.27. The molecule has 3 heteroatoms. The summed E-state index contributed by atoms with van der Waals surface area (Å²) < 4.78 is 1.10. The normalized spacial score (nSPS) is 10.3. The number of thiazole rings is 1. The summed E-state index contributed by atoms with van der Waals surface area (Å²) >= 11 is 5.13. The van der Waals surface area contributed by atoms with Crippen LogP contribution in [0.15, 0.2) is 34.2 Å². The van der Waals surface area contributed by atoms with Gasteiger partial charge < -0.3 is 0 Å². The van der Waals surface area contributed by atoms with Gasteiger partial charge in [0.15, 0.2) is 0 Å². The van der Waals surface area contributed by atoms with Gasteiger partial charge in [0, 0.05) is 21.6 Å². The summed E-state index contributed by atoms with van der Waals surface area (Å²) in [5, 5.41) is 3.08. The van der Waals surface area contributed by atoms with Crippen molar-refractivity contribution in [3.8, 4) is 10.6 Å². The zero-order valence-electron chi connectivity index (χ0n) is 7.12. The monoisotopic (exact) mass is 253 g/mol. The third-order valence-corrected chi connectivity index (χ3v) is 3.16. The highest BCUT2D eigenvalue weighted by Gasteiger charge is 2.03. The average Bonchev–Trinajstić information content (AvgIpc) is 2.61. The molecule has 1 heterocycles. The van der Waals surface area contributed by atoms with Crippen LogP contribution in [0.5, 0.6) is 0 Å². The molecule has 0 bridgehead atoms. The molecule has 0 N–H and O–H groups in total. The summed E-state index contributed by atoms with van der Waals surface area (Å²) in [6.07, 6.45) is 1.83. The number of hydrogen-bond acceptors (Lipinski definition) is 2. The molecule has 0 spiro atoms. The Labute approximate surface area is 89.6 Å². The summed E-state index contributed by atoms with van der Waals surface area (Å²) in [7, 11) is 0. The van der Waals surface area contributed by atoms with E-state index in [4.69, 9.17) is 0 Å². The number of benzene rings is 1. The van der Waals surface area contributed by atoms with Gasteiger partial charge in [0.1, 0.15) is 5.01 Å². The van der Waals surface area contributed by atoms with E-state index in [1.165, 1.54) is 11.1 Å². The van der Waals surface area contributed by atoms with Crippen LogP contribution in [0.2, 0.25) is 0 Å². The zero-order chi connectivity index (χ0) is 9.26. The Hall–Kier alpha value is -0.670. The predicted octanol–water partition coefficient (Wildman–Crippen LogP) is 3.88. The Morgan fingerprint density at radius 3 is 2.92 bits per heavy atom. The molecule has 1 nitrogen and oxygen atoms in total. The standard InChI is InChI=1S/C10H8BrNS/c1-7-2-3-8(11)6-9(7)10-12-4-5-13-10/h2-6H,1H3. The lowest BCUT2D eigenvalue weighted by molar-refractivity contribution is 1.37. The predicted molar refractivity (Wildman–Crippen MR) is 60.0 cm³/mol. The summed E-state index contributed by atoms with van der Waals surface area (Å²) in [6, 6.07) is 6.25. The van der Waals surface area contributed by atoms with Crippen molar-refractivity contribution in [2.45, 2.75) is 6.92 Å². The largest absolute Gasteiger partial charge is 0.245 e. The Morgan fingerprint density at radius 1 is 1.38 bits per heavy atom. The molecule has 13 heavy (non-hydrogen) atoms. The van der Waals surface area contributed by atoms with Gasteiger partial charge in [0.05, 0.1) is 0 Å². The quantitative estimate of drug-likeness (QED) is 0.752. The maximum Gasteiger partial charge on any atom is 0.123 e. The van der Waals surface area contributed by atoms with Crippen molar-refractivity contribution < 1.29 is 0 Å². The SMILES string of the molecule is Cc1ccc(Br)cc1-c1nccs1. The molecular weight excluding hydrogens is 246 g/mol. The van der Waals surface area contributed by atoms with Gasteiger partial charge in [-0.3, -0.25) is 0 Å². The fraction of sp³-hybridized carbons (Fsp3) is 0.100. The molecule has 2 aromatic rings. The third-order valence-electron chi connectivity index (χ3n) is 1.86. The minimum atomic E-state index is 1.08. The maximum atomic E-state index is 4.29. The van der Waals surface area contributed by atoms with Crippen molar-refractivity contribution in [2.75, 3.05) is 0 Å². The molecule has 0 saturated heterocycles. The first kappa shape index (κ1) is 8.91. The first-order chi connectivity index (χ1) is 6.27. The fourth-order valence-corrected chi connectivity index (χ4v) is 2.26. The van der Waals surface area contributed by atoms with Crippen LogP contribution in [0.1, 0.15) is 5.56 Å². The van der Waals surface area contributed by atoms with Crippen LogP contribution < -0.4 is 0 Å². The average molecular weight is 254 g/mol. The van der Waals surface area contributed by atoms with E-state index in [-0.39, 0.29) is 0 Å². The molecule has 1 aromatic heterocycles. The molecular formula is C10H8BrNS. The highest BCUT2D eigenvalue weighted by molar-refractivity contribution is 9.10. The number of hydrogen-bond donors (Lipinski definition) is 0. The Balaban J connectivity index is 2.57. The molecule has 1 aromatic carbocycles. The molecule has 0 aliphatic heterocycles. The number of aryl methyl sites for hydroxylation is 1. The van der Waals surface area contributed by atoms with Gasteiger partial charge in [-0.1, -0.05) is 22.0 Å². The van der Waals surface area contributed by atoms with Gasteiger partial charge in [-0.15, -0.1) is 11.3 Å². The molecule has 0 amide bonds. The van der Waals surface area contributed by atoms with E-state index in [0.717, 1.165) is 9.48 Å². The second-order valence-corrected chi connectivity index (χ2v) is 4.61. The van der Waals surface area contributed by atoms with E-state index in [0.29, 0.717) is 0 Å². The number of halogens is 1. The maximum absolute atomic E-state index is 4.29.